The maximum absolute atomic E-state index is 13.2. The summed E-state index contributed by atoms with van der Waals surface area (Å²) >= 11 is 0. The molecule has 3 rings (SSSR count). The molecular formula is C21H29F3N3O3+. The Hall–Kier alpha value is -2.29. The van der Waals surface area contributed by atoms with Crippen LogP contribution < -0.4 is 15.1 Å². The molecule has 1 amide bonds. The summed E-state index contributed by atoms with van der Waals surface area (Å²) in [4.78, 5) is 27.6. The van der Waals surface area contributed by atoms with Gasteiger partial charge in [-0.3, -0.25) is 9.59 Å². The number of anilines is 2. The summed E-state index contributed by atoms with van der Waals surface area (Å²) in [5, 5.41) is 2.70. The average Bonchev–Trinajstić information content (AvgIpc) is 3.22. The molecule has 2 fully saturated rings. The molecule has 0 aliphatic carbocycles. The van der Waals surface area contributed by atoms with Gasteiger partial charge in [0.15, 0.2) is 6.54 Å². The van der Waals surface area contributed by atoms with E-state index in [9.17, 15) is 22.8 Å². The number of ether oxygens (including phenoxy) is 1. The predicted octanol–water partition coefficient (Wildman–Crippen LogP) is 2.10. The Bertz CT molecular complexity index is 764. The smallest absolute Gasteiger partial charge is 0.416 e. The zero-order valence-corrected chi connectivity index (χ0v) is 17.2. The molecule has 6 nitrogen and oxygen atoms in total. The Morgan fingerprint density at radius 2 is 1.97 bits per heavy atom. The number of esters is 1. The summed E-state index contributed by atoms with van der Waals surface area (Å²) in [6.07, 6.45) is -0.997. The molecule has 2 atom stereocenters. The van der Waals surface area contributed by atoms with Crippen LogP contribution in [-0.4, -0.2) is 51.2 Å². The van der Waals surface area contributed by atoms with Crippen LogP contribution in [0.5, 0.6) is 0 Å². The molecule has 2 aliphatic rings. The number of nitrogens with zero attached hydrogens (tertiary/aromatic N) is 1. The number of quaternary nitrogens is 1. The lowest BCUT2D eigenvalue weighted by molar-refractivity contribution is -0.899. The number of rotatable bonds is 6. The third-order valence-electron chi connectivity index (χ3n) is 5.69. The largest absolute Gasteiger partial charge is 0.466 e. The van der Waals surface area contributed by atoms with Crippen LogP contribution >= 0.6 is 0 Å². The van der Waals surface area contributed by atoms with E-state index in [0.717, 1.165) is 62.4 Å². The first-order chi connectivity index (χ1) is 14.3. The molecule has 9 heteroatoms. The SMILES string of the molecule is CCOC(=O)[C@H]1CCC[NH+](CC(=O)Nc2cc(C(F)(F)F)ccc2N2CCCC2)C1. The van der Waals surface area contributed by atoms with E-state index in [1.54, 1.807) is 6.92 Å². The lowest BCUT2D eigenvalue weighted by Gasteiger charge is -2.28. The molecule has 0 bridgehead atoms. The van der Waals surface area contributed by atoms with E-state index in [0.29, 0.717) is 18.8 Å². The number of hydrogen-bond acceptors (Lipinski definition) is 4. The molecule has 2 N–H and O–H groups in total. The van der Waals surface area contributed by atoms with Gasteiger partial charge < -0.3 is 19.9 Å². The van der Waals surface area contributed by atoms with Crippen LogP contribution in [0, 0.1) is 5.92 Å². The first kappa shape index (κ1) is 22.4. The van der Waals surface area contributed by atoms with Gasteiger partial charge in [-0.05, 0) is 50.8 Å². The number of carbonyl (C=O) groups is 2. The van der Waals surface area contributed by atoms with Crippen LogP contribution in [0.4, 0.5) is 24.5 Å². The van der Waals surface area contributed by atoms with Crippen LogP contribution in [-0.2, 0) is 20.5 Å². The highest BCUT2D eigenvalue weighted by Crippen LogP contribution is 2.36. The van der Waals surface area contributed by atoms with Crippen LogP contribution in [0.15, 0.2) is 18.2 Å². The van der Waals surface area contributed by atoms with E-state index in [2.05, 4.69) is 5.32 Å². The van der Waals surface area contributed by atoms with Gasteiger partial charge >= 0.3 is 12.1 Å². The molecule has 2 aliphatic heterocycles. The molecule has 2 saturated heterocycles. The molecule has 1 unspecified atom stereocenters. The minimum atomic E-state index is -4.48. The fourth-order valence-electron chi connectivity index (χ4n) is 4.24. The Labute approximate surface area is 174 Å². The molecule has 1 aromatic rings. The second-order valence-corrected chi connectivity index (χ2v) is 7.94. The quantitative estimate of drug-likeness (QED) is 0.682. The highest BCUT2D eigenvalue weighted by Gasteiger charge is 2.33. The minimum absolute atomic E-state index is 0.103. The van der Waals surface area contributed by atoms with Gasteiger partial charge in [-0.15, -0.1) is 0 Å². The minimum Gasteiger partial charge on any atom is -0.466 e. The van der Waals surface area contributed by atoms with Crippen molar-refractivity contribution in [2.45, 2.75) is 38.8 Å². The summed E-state index contributed by atoms with van der Waals surface area (Å²) in [5.74, 6) is -0.839. The molecule has 0 radical (unpaired) electrons. The van der Waals surface area contributed by atoms with Crippen molar-refractivity contribution < 1.29 is 32.4 Å². The van der Waals surface area contributed by atoms with Crippen molar-refractivity contribution in [1.29, 1.82) is 0 Å². The van der Waals surface area contributed by atoms with Crippen LogP contribution in [0.2, 0.25) is 0 Å². The van der Waals surface area contributed by atoms with Crippen molar-refractivity contribution in [3.63, 3.8) is 0 Å². The fraction of sp³-hybridized carbons (Fsp3) is 0.619. The third-order valence-corrected chi connectivity index (χ3v) is 5.69. The summed E-state index contributed by atoms with van der Waals surface area (Å²) in [7, 11) is 0. The molecule has 0 saturated carbocycles. The number of likely N-dealkylation sites (tertiary alicyclic amines) is 1. The molecule has 2 heterocycles. The van der Waals surface area contributed by atoms with E-state index in [1.807, 2.05) is 4.90 Å². The topological polar surface area (TPSA) is 63.1 Å². The highest BCUT2D eigenvalue weighted by atomic mass is 19.4. The Kier molecular flexibility index (Phi) is 7.23. The van der Waals surface area contributed by atoms with E-state index >= 15 is 0 Å². The van der Waals surface area contributed by atoms with Crippen LogP contribution in [0.1, 0.15) is 38.2 Å². The highest BCUT2D eigenvalue weighted by molar-refractivity contribution is 5.95. The van der Waals surface area contributed by atoms with Gasteiger partial charge in [-0.2, -0.15) is 13.2 Å². The Morgan fingerprint density at radius 1 is 1.23 bits per heavy atom. The van der Waals surface area contributed by atoms with Crippen LogP contribution in [0.25, 0.3) is 0 Å². The van der Waals surface area contributed by atoms with Gasteiger partial charge in [0.2, 0.25) is 0 Å². The van der Waals surface area contributed by atoms with Crippen molar-refractivity contribution in [1.82, 2.24) is 0 Å². The monoisotopic (exact) mass is 428 g/mol. The number of nitrogens with one attached hydrogen (secondary N) is 2. The maximum atomic E-state index is 13.2. The number of halogens is 3. The summed E-state index contributed by atoms with van der Waals surface area (Å²) in [6.45, 7) is 4.93. The zero-order valence-electron chi connectivity index (χ0n) is 17.2. The second-order valence-electron chi connectivity index (χ2n) is 7.94. The van der Waals surface area contributed by atoms with Crippen molar-refractivity contribution >= 4 is 23.3 Å². The van der Waals surface area contributed by atoms with Gasteiger partial charge in [-0.1, -0.05) is 0 Å². The molecule has 30 heavy (non-hydrogen) atoms. The standard InChI is InChI=1S/C21H28F3N3O3/c1-2-30-20(29)15-6-5-9-26(13-15)14-19(28)25-17-12-16(21(22,23)24)7-8-18(17)27-10-3-4-11-27/h7-8,12,15H,2-6,9-11,13-14H2,1H3,(H,25,28)/p+1/t15-/m0/s1. The van der Waals surface area contributed by atoms with Crippen molar-refractivity contribution in [2.24, 2.45) is 5.92 Å². The van der Waals surface area contributed by atoms with E-state index < -0.39 is 11.7 Å². The predicted molar refractivity (Wildman–Crippen MR) is 106 cm³/mol. The van der Waals surface area contributed by atoms with E-state index in [1.165, 1.54) is 6.07 Å². The number of benzene rings is 1. The van der Waals surface area contributed by atoms with E-state index in [4.69, 9.17) is 4.74 Å². The molecule has 1 aromatic carbocycles. The maximum Gasteiger partial charge on any atom is 0.416 e. The second kappa shape index (κ2) is 9.68. The van der Waals surface area contributed by atoms with E-state index in [-0.39, 0.29) is 30.0 Å². The number of hydrogen-bond donors (Lipinski definition) is 2. The summed E-state index contributed by atoms with van der Waals surface area (Å²) < 4.78 is 44.7. The summed E-state index contributed by atoms with van der Waals surface area (Å²) in [6, 6.07) is 3.51. The van der Waals surface area contributed by atoms with Gasteiger partial charge in [0, 0.05) is 13.1 Å². The first-order valence-electron chi connectivity index (χ1n) is 10.5. The van der Waals surface area contributed by atoms with Gasteiger partial charge in [-0.25, -0.2) is 0 Å². The normalized spacial score (nSPS) is 22.1. The van der Waals surface area contributed by atoms with Crippen molar-refractivity contribution in [2.75, 3.05) is 49.5 Å². The number of amides is 1. The van der Waals surface area contributed by atoms with Gasteiger partial charge in [0.25, 0.3) is 5.91 Å². The zero-order chi connectivity index (χ0) is 21.7. The Balaban J connectivity index is 1.69. The van der Waals surface area contributed by atoms with Crippen molar-refractivity contribution in [3.8, 4) is 0 Å². The third kappa shape index (κ3) is 5.65. The number of alkyl halides is 3. The molecular weight excluding hydrogens is 399 g/mol. The fourth-order valence-corrected chi connectivity index (χ4v) is 4.24. The molecule has 0 spiro atoms. The first-order valence-corrected chi connectivity index (χ1v) is 10.5. The lowest BCUT2D eigenvalue weighted by Crippen LogP contribution is -3.14. The van der Waals surface area contributed by atoms with Gasteiger partial charge in [0.05, 0.1) is 36.6 Å². The molecule has 0 aromatic heterocycles. The Morgan fingerprint density at radius 3 is 2.63 bits per heavy atom. The summed E-state index contributed by atoms with van der Waals surface area (Å²) in [5.41, 5.74) is 0.0235. The van der Waals surface area contributed by atoms with Crippen LogP contribution in [0.3, 0.4) is 0 Å². The number of carbonyl (C=O) groups excluding carboxylic acids is 2. The van der Waals surface area contributed by atoms with Crippen molar-refractivity contribution in [3.05, 3.63) is 23.8 Å². The molecule has 166 valence electrons. The lowest BCUT2D eigenvalue weighted by atomic mass is 9.98. The number of piperidine rings is 1. The van der Waals surface area contributed by atoms with Gasteiger partial charge in [0.1, 0.15) is 5.92 Å². The average molecular weight is 428 g/mol.